The van der Waals surface area contributed by atoms with Crippen LogP contribution in [-0.4, -0.2) is 99.1 Å². The highest BCUT2D eigenvalue weighted by Crippen LogP contribution is 2.34. The van der Waals surface area contributed by atoms with Crippen LogP contribution in [0.3, 0.4) is 0 Å². The number of nitrogens with zero attached hydrogens (tertiary/aromatic N) is 6. The zero-order valence-electron chi connectivity index (χ0n) is 19.6. The van der Waals surface area contributed by atoms with Crippen LogP contribution in [0.15, 0.2) is 15.9 Å². The summed E-state index contributed by atoms with van der Waals surface area (Å²) in [6.45, 7) is 2.69. The number of hydrogen-bond acceptors (Lipinski definition) is 8. The van der Waals surface area contributed by atoms with Gasteiger partial charge in [0, 0.05) is 53.5 Å². The molecule has 34 heavy (non-hydrogen) atoms. The third-order valence-electron chi connectivity index (χ3n) is 6.98. The molecular formula is C21H30N6O7. The summed E-state index contributed by atoms with van der Waals surface area (Å²) in [5.41, 5.74) is -2.48. The topological polar surface area (TPSA) is 163 Å². The van der Waals surface area contributed by atoms with E-state index in [1.165, 1.54) is 53.2 Å². The van der Waals surface area contributed by atoms with E-state index in [9.17, 15) is 34.5 Å². The first-order valence-electron chi connectivity index (χ1n) is 11.1. The zero-order valence-corrected chi connectivity index (χ0v) is 19.6. The molecule has 0 bridgehead atoms. The summed E-state index contributed by atoms with van der Waals surface area (Å²) in [6.07, 6.45) is -0.579. The summed E-state index contributed by atoms with van der Waals surface area (Å²) in [4.78, 5) is 57.6. The quantitative estimate of drug-likeness (QED) is 0.420. The maximum atomic E-state index is 13.5. The van der Waals surface area contributed by atoms with E-state index in [1.807, 2.05) is 0 Å². The number of imidazole rings is 1. The normalized spacial score (nSPS) is 30.1. The van der Waals surface area contributed by atoms with Crippen LogP contribution >= 0.6 is 0 Å². The molecule has 2 amide bonds. The summed E-state index contributed by atoms with van der Waals surface area (Å²) in [5, 5.41) is 32.0. The van der Waals surface area contributed by atoms with Crippen LogP contribution in [0.5, 0.6) is 0 Å². The van der Waals surface area contributed by atoms with Crippen LogP contribution in [0.25, 0.3) is 11.2 Å². The summed E-state index contributed by atoms with van der Waals surface area (Å²) in [7, 11) is 2.82. The molecule has 4 heterocycles. The number of aryl methyl sites for hydroxylation is 1. The Morgan fingerprint density at radius 2 is 1.76 bits per heavy atom. The molecule has 186 valence electrons. The van der Waals surface area contributed by atoms with Gasteiger partial charge in [0.2, 0.25) is 11.8 Å². The van der Waals surface area contributed by atoms with Gasteiger partial charge in [0.05, 0.1) is 30.2 Å². The fourth-order valence-corrected chi connectivity index (χ4v) is 5.19. The number of rotatable bonds is 2. The van der Waals surface area contributed by atoms with E-state index in [0.29, 0.717) is 0 Å². The van der Waals surface area contributed by atoms with Crippen LogP contribution in [-0.2, 0) is 23.7 Å². The van der Waals surface area contributed by atoms with Gasteiger partial charge in [0.1, 0.15) is 6.04 Å². The van der Waals surface area contributed by atoms with E-state index >= 15 is 0 Å². The number of aliphatic hydroxyl groups excluding tert-OH is 2. The minimum absolute atomic E-state index is 0.0412. The lowest BCUT2D eigenvalue weighted by molar-refractivity contribution is -0.143. The molecule has 2 aromatic heterocycles. The Morgan fingerprint density at radius 3 is 2.41 bits per heavy atom. The van der Waals surface area contributed by atoms with E-state index in [4.69, 9.17) is 0 Å². The molecule has 13 heteroatoms. The molecule has 0 radical (unpaired) electrons. The Bertz CT molecular complexity index is 1260. The van der Waals surface area contributed by atoms with Crippen molar-refractivity contribution in [2.45, 2.75) is 56.6 Å². The van der Waals surface area contributed by atoms with Crippen LogP contribution in [0.4, 0.5) is 0 Å². The van der Waals surface area contributed by atoms with Crippen molar-refractivity contribution < 1.29 is 24.9 Å². The molecule has 2 aromatic rings. The monoisotopic (exact) mass is 478 g/mol. The Balaban J connectivity index is 1.79. The van der Waals surface area contributed by atoms with Gasteiger partial charge in [-0.2, -0.15) is 0 Å². The Labute approximate surface area is 194 Å². The van der Waals surface area contributed by atoms with E-state index in [0.717, 1.165) is 4.57 Å². The van der Waals surface area contributed by atoms with E-state index < -0.39 is 47.0 Å². The molecule has 2 fully saturated rings. The van der Waals surface area contributed by atoms with Crippen LogP contribution in [0, 0.1) is 0 Å². The molecule has 0 unspecified atom stereocenters. The second-order valence-electron chi connectivity index (χ2n) is 9.58. The van der Waals surface area contributed by atoms with Crippen LogP contribution in [0.1, 0.15) is 32.7 Å². The summed E-state index contributed by atoms with van der Waals surface area (Å²) < 4.78 is 3.61. The van der Waals surface area contributed by atoms with Gasteiger partial charge >= 0.3 is 5.69 Å². The lowest BCUT2D eigenvalue weighted by Crippen LogP contribution is -2.50. The van der Waals surface area contributed by atoms with Gasteiger partial charge in [-0.25, -0.2) is 9.78 Å². The number of likely N-dealkylation sites (tertiary alicyclic amines) is 2. The van der Waals surface area contributed by atoms with Gasteiger partial charge in [0.25, 0.3) is 5.56 Å². The summed E-state index contributed by atoms with van der Waals surface area (Å²) in [5.74, 6) is -0.808. The molecular weight excluding hydrogens is 448 g/mol. The molecule has 5 atom stereocenters. The number of aliphatic hydroxyl groups is 3. The second kappa shape index (κ2) is 8.32. The largest absolute Gasteiger partial charge is 0.391 e. The summed E-state index contributed by atoms with van der Waals surface area (Å²) in [6, 6.07) is -1.78. The smallest absolute Gasteiger partial charge is 0.332 e. The molecule has 3 N–H and O–H groups in total. The first-order chi connectivity index (χ1) is 15.8. The maximum Gasteiger partial charge on any atom is 0.332 e. The maximum absolute atomic E-state index is 13.5. The molecule has 4 rings (SSSR count). The molecule has 0 aliphatic carbocycles. The molecule has 2 aliphatic heterocycles. The SMILES string of the molecule is CC(=O)N1C[C@H](O)C[C@H]1C(=O)N1C[C@H](O)C[C@](C)(O)[C@@H](n2cnc3c2c(=O)n(C)c(=O)n3C)C1. The molecule has 0 spiro atoms. The molecule has 0 saturated carbocycles. The van der Waals surface area contributed by atoms with E-state index in [-0.39, 0.29) is 49.5 Å². The van der Waals surface area contributed by atoms with Gasteiger partial charge in [0.15, 0.2) is 11.2 Å². The van der Waals surface area contributed by atoms with Crippen molar-refractivity contribution in [2.24, 2.45) is 14.1 Å². The third kappa shape index (κ3) is 3.83. The predicted octanol–water partition coefficient (Wildman–Crippen LogP) is -2.70. The van der Waals surface area contributed by atoms with Crippen LogP contribution < -0.4 is 11.2 Å². The molecule has 2 saturated heterocycles. The number of aromatic nitrogens is 4. The first kappa shape index (κ1) is 24.1. The number of amides is 2. The van der Waals surface area contributed by atoms with E-state index in [1.54, 1.807) is 0 Å². The lowest BCUT2D eigenvalue weighted by atomic mass is 9.91. The highest BCUT2D eigenvalue weighted by Gasteiger charge is 2.45. The van der Waals surface area contributed by atoms with Crippen molar-refractivity contribution in [1.29, 1.82) is 0 Å². The lowest BCUT2D eigenvalue weighted by Gasteiger charge is -2.35. The minimum Gasteiger partial charge on any atom is -0.391 e. The highest BCUT2D eigenvalue weighted by atomic mass is 16.3. The summed E-state index contributed by atoms with van der Waals surface area (Å²) >= 11 is 0. The average Bonchev–Trinajstić information content (AvgIpc) is 3.33. The second-order valence-corrected chi connectivity index (χ2v) is 9.58. The first-order valence-corrected chi connectivity index (χ1v) is 11.1. The van der Waals surface area contributed by atoms with Crippen molar-refractivity contribution in [2.75, 3.05) is 19.6 Å². The molecule has 13 nitrogen and oxygen atoms in total. The van der Waals surface area contributed by atoms with Gasteiger partial charge in [-0.05, 0) is 6.92 Å². The fourth-order valence-electron chi connectivity index (χ4n) is 5.19. The Hall–Kier alpha value is -3.03. The minimum atomic E-state index is -1.54. The van der Waals surface area contributed by atoms with E-state index in [2.05, 4.69) is 4.98 Å². The standard InChI is InChI=1S/C21H30N6O7/c1-11(28)26-8-12(29)5-14(26)18(31)25-7-13(30)6-21(2,34)15(9-25)27-10-22-17-16(27)19(32)24(4)20(33)23(17)3/h10,12-15,29-30,34H,5-9H2,1-4H3/t12-,13-,14+,15+,21+/m1/s1. The predicted molar refractivity (Wildman–Crippen MR) is 119 cm³/mol. The Kier molecular flexibility index (Phi) is 5.90. The zero-order chi connectivity index (χ0) is 25.1. The van der Waals surface area contributed by atoms with Gasteiger partial charge < -0.3 is 29.7 Å². The van der Waals surface area contributed by atoms with Crippen molar-refractivity contribution in [3.8, 4) is 0 Å². The highest BCUT2D eigenvalue weighted by molar-refractivity contribution is 5.87. The van der Waals surface area contributed by atoms with Crippen molar-refractivity contribution in [3.05, 3.63) is 27.2 Å². The fraction of sp³-hybridized carbons (Fsp3) is 0.667. The van der Waals surface area contributed by atoms with Crippen molar-refractivity contribution in [1.82, 2.24) is 28.5 Å². The van der Waals surface area contributed by atoms with Crippen molar-refractivity contribution >= 4 is 23.0 Å². The number of β-amino-alcohol motifs (C(OH)–C–C–N with tert-alkyl or cyclic N) is 2. The number of carbonyl (C=O) groups excluding carboxylic acids is 2. The number of carbonyl (C=O) groups is 2. The van der Waals surface area contributed by atoms with Crippen LogP contribution in [0.2, 0.25) is 0 Å². The number of fused-ring (bicyclic) bond motifs is 1. The van der Waals surface area contributed by atoms with Gasteiger partial charge in [-0.3, -0.25) is 23.5 Å². The van der Waals surface area contributed by atoms with Gasteiger partial charge in [-0.1, -0.05) is 0 Å². The third-order valence-corrected chi connectivity index (χ3v) is 6.98. The Morgan fingerprint density at radius 1 is 1.09 bits per heavy atom. The number of hydrogen-bond donors (Lipinski definition) is 3. The van der Waals surface area contributed by atoms with Crippen molar-refractivity contribution in [3.63, 3.8) is 0 Å². The molecule has 0 aromatic carbocycles. The van der Waals surface area contributed by atoms with Gasteiger partial charge in [-0.15, -0.1) is 0 Å². The molecule has 2 aliphatic rings. The average molecular weight is 479 g/mol.